The molecule has 31 heavy (non-hydrogen) atoms. The van der Waals surface area contributed by atoms with Crippen molar-refractivity contribution in [3.8, 4) is 5.75 Å². The Morgan fingerprint density at radius 1 is 1.00 bits per heavy atom. The number of rotatable bonds is 8. The van der Waals surface area contributed by atoms with Gasteiger partial charge < -0.3 is 4.74 Å². The van der Waals surface area contributed by atoms with Crippen LogP contribution in [0.15, 0.2) is 93.8 Å². The van der Waals surface area contributed by atoms with E-state index < -0.39 is 0 Å². The topological polar surface area (TPSA) is 50.7 Å². The molecule has 7 heteroatoms. The lowest BCUT2D eigenvalue weighted by atomic mass is 10.2. The molecule has 1 saturated heterocycles. The normalized spacial score (nSPS) is 14.1. The highest BCUT2D eigenvalue weighted by molar-refractivity contribution is 8.19. The molecule has 1 aliphatic heterocycles. The van der Waals surface area contributed by atoms with Crippen LogP contribution in [-0.4, -0.2) is 30.2 Å². The van der Waals surface area contributed by atoms with Gasteiger partial charge in [0.2, 0.25) is 0 Å². The molecule has 3 aromatic carbocycles. The number of nitrogens with one attached hydrogen (secondary N) is 1. The molecule has 0 aromatic heterocycles. The SMILES string of the molecule is O=C(COc1ccc(C2SCCS2)cc1)N/N=C/c1ccccc1Sc1ccccc1. The van der Waals surface area contributed by atoms with Gasteiger partial charge in [-0.2, -0.15) is 5.10 Å². The number of carbonyl (C=O) groups is 1. The first kappa shape index (κ1) is 21.9. The average Bonchev–Trinajstić information content (AvgIpc) is 3.35. The lowest BCUT2D eigenvalue weighted by molar-refractivity contribution is -0.123. The maximum absolute atomic E-state index is 12.1. The van der Waals surface area contributed by atoms with Crippen molar-refractivity contribution in [3.05, 3.63) is 90.0 Å². The van der Waals surface area contributed by atoms with Crippen LogP contribution in [0.2, 0.25) is 0 Å². The summed E-state index contributed by atoms with van der Waals surface area (Å²) < 4.78 is 6.10. The van der Waals surface area contributed by atoms with Crippen molar-refractivity contribution in [1.29, 1.82) is 0 Å². The molecule has 0 bridgehead atoms. The summed E-state index contributed by atoms with van der Waals surface area (Å²) in [6.07, 6.45) is 1.66. The predicted octanol–water partition coefficient (Wildman–Crippen LogP) is 5.85. The van der Waals surface area contributed by atoms with Crippen LogP contribution in [0.5, 0.6) is 5.75 Å². The zero-order valence-electron chi connectivity index (χ0n) is 16.8. The van der Waals surface area contributed by atoms with Crippen molar-refractivity contribution < 1.29 is 9.53 Å². The van der Waals surface area contributed by atoms with Gasteiger partial charge >= 0.3 is 0 Å². The smallest absolute Gasteiger partial charge is 0.277 e. The molecule has 1 aliphatic rings. The maximum atomic E-state index is 12.1. The molecule has 1 amide bonds. The molecular formula is C24H22N2O2S3. The van der Waals surface area contributed by atoms with Crippen LogP contribution in [-0.2, 0) is 4.79 Å². The van der Waals surface area contributed by atoms with Gasteiger partial charge in [-0.3, -0.25) is 4.79 Å². The number of hydrogen-bond donors (Lipinski definition) is 1. The number of hydrogen-bond acceptors (Lipinski definition) is 6. The second-order valence-corrected chi connectivity index (χ2v) is 10.5. The Labute approximate surface area is 195 Å². The van der Waals surface area contributed by atoms with Crippen LogP contribution < -0.4 is 10.2 Å². The zero-order chi connectivity index (χ0) is 21.3. The highest BCUT2D eigenvalue weighted by atomic mass is 32.2. The Morgan fingerprint density at radius 3 is 2.48 bits per heavy atom. The Kier molecular flexibility index (Phi) is 7.98. The van der Waals surface area contributed by atoms with Crippen LogP contribution in [0.3, 0.4) is 0 Å². The Hall–Kier alpha value is -2.35. The molecular weight excluding hydrogens is 444 g/mol. The van der Waals surface area contributed by atoms with Gasteiger partial charge in [-0.25, -0.2) is 5.43 Å². The lowest BCUT2D eigenvalue weighted by Gasteiger charge is -2.10. The number of thioether (sulfide) groups is 2. The molecule has 1 N–H and O–H groups in total. The van der Waals surface area contributed by atoms with E-state index in [2.05, 4.69) is 34.8 Å². The van der Waals surface area contributed by atoms with E-state index in [0.717, 1.165) is 15.4 Å². The molecule has 0 atom stereocenters. The number of carbonyl (C=O) groups excluding carboxylic acids is 1. The summed E-state index contributed by atoms with van der Waals surface area (Å²) in [5.74, 6) is 2.78. The van der Waals surface area contributed by atoms with Gasteiger partial charge in [-0.05, 0) is 35.9 Å². The molecule has 0 unspecified atom stereocenters. The third-order valence-electron chi connectivity index (χ3n) is 4.43. The van der Waals surface area contributed by atoms with Crippen LogP contribution in [0.4, 0.5) is 0 Å². The third-order valence-corrected chi connectivity index (χ3v) is 8.63. The summed E-state index contributed by atoms with van der Waals surface area (Å²) in [4.78, 5) is 14.3. The summed E-state index contributed by atoms with van der Waals surface area (Å²) in [6.45, 7) is -0.0793. The Balaban J connectivity index is 1.27. The van der Waals surface area contributed by atoms with Crippen molar-refractivity contribution in [2.24, 2.45) is 5.10 Å². The Bertz CT molecular complexity index is 1020. The van der Waals surface area contributed by atoms with Gasteiger partial charge in [-0.1, -0.05) is 60.3 Å². The molecule has 3 aromatic rings. The largest absolute Gasteiger partial charge is 0.484 e. The molecule has 4 rings (SSSR count). The average molecular weight is 467 g/mol. The summed E-state index contributed by atoms with van der Waals surface area (Å²) >= 11 is 5.60. The standard InChI is InChI=1S/C24H22N2O2S3/c27-23(17-28-20-12-10-18(11-13-20)24-29-14-15-30-24)26-25-16-19-6-4-5-9-22(19)31-21-7-2-1-3-8-21/h1-13,16,24H,14-15,17H2,(H,26,27)/b25-16+. The monoisotopic (exact) mass is 466 g/mol. The van der Waals surface area contributed by atoms with E-state index in [-0.39, 0.29) is 12.5 Å². The van der Waals surface area contributed by atoms with Crippen LogP contribution >= 0.6 is 35.3 Å². The molecule has 0 aliphatic carbocycles. The lowest BCUT2D eigenvalue weighted by Crippen LogP contribution is -2.24. The fourth-order valence-electron chi connectivity index (χ4n) is 2.92. The van der Waals surface area contributed by atoms with Gasteiger partial charge in [-0.15, -0.1) is 23.5 Å². The zero-order valence-corrected chi connectivity index (χ0v) is 19.2. The minimum Gasteiger partial charge on any atom is -0.484 e. The van der Waals surface area contributed by atoms with E-state index in [1.807, 2.05) is 78.1 Å². The second-order valence-electron chi connectivity index (χ2n) is 6.68. The van der Waals surface area contributed by atoms with Crippen molar-refractivity contribution in [2.75, 3.05) is 18.1 Å². The van der Waals surface area contributed by atoms with Crippen molar-refractivity contribution >= 4 is 47.4 Å². The summed E-state index contributed by atoms with van der Waals surface area (Å²) in [7, 11) is 0. The van der Waals surface area contributed by atoms with E-state index in [1.165, 1.54) is 17.1 Å². The van der Waals surface area contributed by atoms with Crippen molar-refractivity contribution in [1.82, 2.24) is 5.43 Å². The Morgan fingerprint density at radius 2 is 1.71 bits per heavy atom. The first-order valence-corrected chi connectivity index (χ1v) is 12.8. The molecule has 0 radical (unpaired) electrons. The van der Waals surface area contributed by atoms with E-state index in [9.17, 15) is 4.79 Å². The van der Waals surface area contributed by atoms with Crippen LogP contribution in [0, 0.1) is 0 Å². The number of ether oxygens (including phenoxy) is 1. The number of nitrogens with zero attached hydrogens (tertiary/aromatic N) is 1. The predicted molar refractivity (Wildman–Crippen MR) is 132 cm³/mol. The molecule has 4 nitrogen and oxygen atoms in total. The number of benzene rings is 3. The fourth-order valence-corrected chi connectivity index (χ4v) is 6.71. The molecule has 1 fully saturated rings. The molecule has 0 spiro atoms. The molecule has 158 valence electrons. The van der Waals surface area contributed by atoms with Gasteiger partial charge in [0.15, 0.2) is 6.61 Å². The minimum absolute atomic E-state index is 0.0793. The quantitative estimate of drug-likeness (QED) is 0.334. The first-order chi connectivity index (χ1) is 15.3. The van der Waals surface area contributed by atoms with E-state index in [4.69, 9.17) is 4.74 Å². The van der Waals surface area contributed by atoms with Gasteiger partial charge in [0.05, 0.1) is 10.8 Å². The van der Waals surface area contributed by atoms with E-state index in [1.54, 1.807) is 18.0 Å². The summed E-state index contributed by atoms with van der Waals surface area (Å²) in [5, 5.41) is 4.10. The number of amides is 1. The summed E-state index contributed by atoms with van der Waals surface area (Å²) in [6, 6.07) is 26.1. The highest BCUT2D eigenvalue weighted by Gasteiger charge is 2.18. The third kappa shape index (κ3) is 6.56. The molecule has 0 saturated carbocycles. The van der Waals surface area contributed by atoms with Gasteiger partial charge in [0.25, 0.3) is 5.91 Å². The fraction of sp³-hybridized carbons (Fsp3) is 0.167. The van der Waals surface area contributed by atoms with Gasteiger partial charge in [0, 0.05) is 26.9 Å². The second kappa shape index (κ2) is 11.3. The van der Waals surface area contributed by atoms with Crippen molar-refractivity contribution in [3.63, 3.8) is 0 Å². The highest BCUT2D eigenvalue weighted by Crippen LogP contribution is 2.45. The molecule has 1 heterocycles. The minimum atomic E-state index is -0.296. The maximum Gasteiger partial charge on any atom is 0.277 e. The van der Waals surface area contributed by atoms with Crippen molar-refractivity contribution in [2.45, 2.75) is 14.4 Å². The van der Waals surface area contributed by atoms with E-state index >= 15 is 0 Å². The van der Waals surface area contributed by atoms with Crippen LogP contribution in [0.25, 0.3) is 0 Å². The summed E-state index contributed by atoms with van der Waals surface area (Å²) in [5.41, 5.74) is 4.77. The first-order valence-electron chi connectivity index (χ1n) is 9.88. The van der Waals surface area contributed by atoms with Crippen LogP contribution in [0.1, 0.15) is 15.7 Å². The van der Waals surface area contributed by atoms with E-state index in [0.29, 0.717) is 10.3 Å². The van der Waals surface area contributed by atoms with Gasteiger partial charge in [0.1, 0.15) is 5.75 Å². The number of hydrazone groups is 1.